The molecule has 2 aliphatic rings. The number of aromatic nitrogens is 1. The van der Waals surface area contributed by atoms with Gasteiger partial charge in [-0.1, -0.05) is 26.0 Å². The summed E-state index contributed by atoms with van der Waals surface area (Å²) in [5.41, 5.74) is 0.405. The third kappa shape index (κ3) is 8.26. The van der Waals surface area contributed by atoms with Gasteiger partial charge in [-0.25, -0.2) is 4.98 Å². The molecule has 0 radical (unpaired) electrons. The summed E-state index contributed by atoms with van der Waals surface area (Å²) in [5.74, 6) is -0.205. The summed E-state index contributed by atoms with van der Waals surface area (Å²) < 4.78 is 23.1. The molecule has 11 atom stereocenters. The van der Waals surface area contributed by atoms with E-state index in [-0.39, 0.29) is 36.1 Å². The fraction of sp³-hybridized carbons (Fsp3) is 0.760. The van der Waals surface area contributed by atoms with Crippen LogP contribution in [0.4, 0.5) is 0 Å². The first-order valence-electron chi connectivity index (χ1n) is 12.4. The monoisotopic (exact) mass is 617 g/mol. The first-order chi connectivity index (χ1) is 17.6. The Balaban J connectivity index is 1.54. The molecular weight excluding hydrogens is 584 g/mol. The van der Waals surface area contributed by atoms with Gasteiger partial charge in [0.15, 0.2) is 5.78 Å². The van der Waals surface area contributed by atoms with E-state index < -0.39 is 40.5 Å². The molecule has 6 unspecified atom stereocenters. The molecule has 0 aromatic carbocycles. The molecule has 2 fully saturated rings. The van der Waals surface area contributed by atoms with E-state index >= 15 is 0 Å². The molecule has 0 aliphatic carbocycles. The van der Waals surface area contributed by atoms with Gasteiger partial charge in [-0.05, 0) is 19.3 Å². The number of methoxy groups -OCH3 is 1. The van der Waals surface area contributed by atoms with Gasteiger partial charge < -0.3 is 24.1 Å². The molecule has 3 rings (SSSR count). The number of aliphatic hydroxyl groups is 1. The van der Waals surface area contributed by atoms with Crippen LogP contribution in [-0.2, 0) is 18.9 Å². The van der Waals surface area contributed by atoms with Crippen molar-refractivity contribution in [1.82, 2.24) is 4.98 Å². The molecule has 0 amide bonds. The zero-order chi connectivity index (χ0) is 27.3. The highest BCUT2D eigenvalue weighted by Crippen LogP contribution is 2.40. The highest BCUT2D eigenvalue weighted by Gasteiger charge is 2.51. The first kappa shape index (κ1) is 31.5. The Kier molecular flexibility index (Phi) is 12.4. The number of ketones is 1. The number of carbonyl (C=O) groups is 1. The Morgan fingerprint density at radius 2 is 2.00 bits per heavy atom. The van der Waals surface area contributed by atoms with Gasteiger partial charge in [0.05, 0.1) is 28.3 Å². The number of rotatable bonds is 14. The lowest BCUT2D eigenvalue weighted by atomic mass is 9.89. The zero-order valence-electron chi connectivity index (χ0n) is 21.3. The lowest BCUT2D eigenvalue weighted by Gasteiger charge is -2.40. The van der Waals surface area contributed by atoms with Crippen LogP contribution in [0, 0.1) is 5.92 Å². The number of hydrogen-bond donors (Lipinski definition) is 1. The quantitative estimate of drug-likeness (QED) is 0.123. The average molecular weight is 619 g/mol. The van der Waals surface area contributed by atoms with E-state index in [1.54, 1.807) is 18.6 Å². The molecule has 0 saturated carbocycles. The maximum Gasteiger partial charge on any atom is 0.178 e. The van der Waals surface area contributed by atoms with Crippen molar-refractivity contribution in [2.24, 2.45) is 5.92 Å². The number of ether oxygens (including phenoxy) is 4. The van der Waals surface area contributed by atoms with E-state index in [0.29, 0.717) is 23.5 Å². The smallest absolute Gasteiger partial charge is 0.178 e. The van der Waals surface area contributed by atoms with Gasteiger partial charge in [0.1, 0.15) is 41.9 Å². The van der Waals surface area contributed by atoms with Crippen molar-refractivity contribution in [1.29, 1.82) is 0 Å². The molecule has 1 aromatic heterocycles. The van der Waals surface area contributed by atoms with Crippen molar-refractivity contribution in [3.63, 3.8) is 0 Å². The van der Waals surface area contributed by atoms with Crippen molar-refractivity contribution >= 4 is 63.5 Å². The normalized spacial score (nSPS) is 31.0. The number of hydrogen-bond acceptors (Lipinski definition) is 8. The second kappa shape index (κ2) is 14.6. The van der Waals surface area contributed by atoms with E-state index in [2.05, 4.69) is 4.98 Å². The van der Waals surface area contributed by atoms with Gasteiger partial charge in [0.2, 0.25) is 0 Å². The molecule has 1 aromatic rings. The molecule has 3 heterocycles. The number of allylic oxidation sites excluding steroid dienone is 1. The molecule has 12 heteroatoms. The van der Waals surface area contributed by atoms with Crippen LogP contribution in [0.1, 0.15) is 61.6 Å². The molecular formula is C25H35Cl4NO6S. The van der Waals surface area contributed by atoms with Gasteiger partial charge in [0.25, 0.3) is 0 Å². The molecule has 0 bridgehead atoms. The summed E-state index contributed by atoms with van der Waals surface area (Å²) in [5, 5.41) is 11.1. The molecule has 210 valence electrons. The number of halogens is 4. The van der Waals surface area contributed by atoms with Gasteiger partial charge in [-0.2, -0.15) is 0 Å². The predicted octanol–water partition coefficient (Wildman–Crippen LogP) is 5.72. The Morgan fingerprint density at radius 1 is 1.27 bits per heavy atom. The Hall–Kier alpha value is -0.000000000000000305. The third-order valence-corrected chi connectivity index (χ3v) is 10.0. The van der Waals surface area contributed by atoms with E-state index in [1.165, 1.54) is 18.3 Å². The van der Waals surface area contributed by atoms with Gasteiger partial charge >= 0.3 is 0 Å². The van der Waals surface area contributed by atoms with Crippen molar-refractivity contribution in [3.8, 4) is 0 Å². The predicted molar refractivity (Wildman–Crippen MR) is 148 cm³/mol. The van der Waals surface area contributed by atoms with Gasteiger partial charge in [-0.15, -0.1) is 57.7 Å². The lowest BCUT2D eigenvalue weighted by molar-refractivity contribution is -0.233. The Bertz CT molecular complexity index is 906. The van der Waals surface area contributed by atoms with Crippen LogP contribution in [-0.4, -0.2) is 81.8 Å². The number of aliphatic hydroxyl groups excluding tert-OH is 1. The van der Waals surface area contributed by atoms with Crippen molar-refractivity contribution in [3.05, 3.63) is 28.2 Å². The van der Waals surface area contributed by atoms with Crippen LogP contribution in [0.15, 0.2) is 17.5 Å². The van der Waals surface area contributed by atoms with E-state index in [4.69, 9.17) is 65.4 Å². The largest absolute Gasteiger partial charge is 0.386 e. The van der Waals surface area contributed by atoms with Crippen molar-refractivity contribution < 1.29 is 28.8 Å². The summed E-state index contributed by atoms with van der Waals surface area (Å²) in [7, 11) is 1.59. The number of carbonyl (C=O) groups excluding carboxylic acids is 1. The molecule has 1 N–H and O–H groups in total. The van der Waals surface area contributed by atoms with E-state index in [9.17, 15) is 9.90 Å². The number of thiazole rings is 1. The maximum absolute atomic E-state index is 11.7. The molecule has 37 heavy (non-hydrogen) atoms. The summed E-state index contributed by atoms with van der Waals surface area (Å²) in [6.07, 6.45) is 2.82. The number of nitrogens with zero attached hydrogens (tertiary/aromatic N) is 1. The fourth-order valence-electron chi connectivity index (χ4n) is 4.36. The van der Waals surface area contributed by atoms with Crippen LogP contribution in [0.3, 0.4) is 0 Å². The summed E-state index contributed by atoms with van der Waals surface area (Å²) in [6.45, 7) is 5.56. The van der Waals surface area contributed by atoms with Crippen LogP contribution in [0.5, 0.6) is 0 Å². The minimum absolute atomic E-state index is 0.0394. The lowest BCUT2D eigenvalue weighted by Crippen LogP contribution is -2.46. The summed E-state index contributed by atoms with van der Waals surface area (Å²) in [4.78, 5) is 16.1. The molecule has 7 nitrogen and oxygen atoms in total. The number of alkyl halides is 4. The van der Waals surface area contributed by atoms with Crippen LogP contribution >= 0.6 is 57.7 Å². The zero-order valence-corrected chi connectivity index (χ0v) is 25.1. The van der Waals surface area contributed by atoms with Crippen molar-refractivity contribution in [2.45, 2.75) is 98.2 Å². The van der Waals surface area contributed by atoms with E-state index in [0.717, 1.165) is 6.42 Å². The van der Waals surface area contributed by atoms with Gasteiger partial charge in [-0.3, -0.25) is 4.79 Å². The van der Waals surface area contributed by atoms with Crippen LogP contribution in [0.2, 0.25) is 0 Å². The van der Waals surface area contributed by atoms with E-state index in [1.807, 2.05) is 19.9 Å². The summed E-state index contributed by atoms with van der Waals surface area (Å²) >= 11 is 27.5. The average Bonchev–Trinajstić information content (AvgIpc) is 3.53. The fourth-order valence-corrected chi connectivity index (χ4v) is 6.46. The van der Waals surface area contributed by atoms with Crippen LogP contribution < -0.4 is 0 Å². The molecule has 2 aliphatic heterocycles. The first-order valence-corrected chi connectivity index (χ1v) is 15.0. The van der Waals surface area contributed by atoms with Crippen LogP contribution in [0.25, 0.3) is 0 Å². The molecule has 0 spiro atoms. The third-order valence-electron chi connectivity index (χ3n) is 6.81. The van der Waals surface area contributed by atoms with Gasteiger partial charge in [0, 0.05) is 30.7 Å². The Morgan fingerprint density at radius 3 is 2.62 bits per heavy atom. The number of epoxide rings is 1. The second-order valence-corrected chi connectivity index (χ2v) is 12.5. The highest BCUT2D eigenvalue weighted by molar-refractivity contribution is 7.09. The second-order valence-electron chi connectivity index (χ2n) is 9.46. The maximum atomic E-state index is 11.7. The highest BCUT2D eigenvalue weighted by atomic mass is 35.5. The topological polar surface area (TPSA) is 90.4 Å². The minimum atomic E-state index is -0.787. The summed E-state index contributed by atoms with van der Waals surface area (Å²) in [6, 6.07) is 0. The SMILES string of the molecule is CCC(Cl)C/C=C/C(O)[C@H]1O[C@@H]1C(Cl)C(Cl)C(Cl)C[C@H]1OCO[C@@H](C(OC)c2nc(C(C)=O)cs2)[C@@H]1C. The standard InChI is InChI=1S/C25H35Cl4NO6S/c1-5-14(26)7-6-8-17(32)22-23(36-22)20(29)19(28)15(27)9-18-12(2)21(35-11-34-18)24(33-4)25-30-16(10-37-25)13(3)31/h6,8,10,12,14-15,17-24,32H,5,7,9,11H2,1-4H3/b8-6+/t12-,14?,15?,17?,18-,19?,20?,21-,22-,23-,24?/m1/s1. The number of Topliss-reactive ketones (excluding diaryl/α,β-unsaturated/α-hetero) is 1. The van der Waals surface area contributed by atoms with Crippen molar-refractivity contribution in [2.75, 3.05) is 13.9 Å². The Labute approximate surface area is 242 Å². The molecule has 2 saturated heterocycles. The minimum Gasteiger partial charge on any atom is -0.386 e.